The number of hydrogen-bond donors (Lipinski definition) is 1. The molecule has 1 N–H and O–H groups in total. The Bertz CT molecular complexity index is 435. The standard InChI is InChI=1S/C8H10O.C8H10.15W/c1-2-7-3-5-8(9)6-4-7;1-2-8-6-4-3-5-7-8;;;;;;;;;;;;;;;/h3-6,9H,2H2,1H3;3-7H,2H2,1H3;;;;;;;;;;;;;;;. The minimum absolute atomic E-state index is 0. The Labute approximate surface area is 410 Å². The summed E-state index contributed by atoms with van der Waals surface area (Å²) in [4.78, 5) is 0. The average molecular weight is 2990 g/mol. The number of aryl methyl sites for hydroxylation is 2. The Morgan fingerprint density at radius 2 is 0.656 bits per heavy atom. The van der Waals surface area contributed by atoms with Crippen molar-refractivity contribution in [3.8, 4) is 5.75 Å². The fourth-order valence-corrected chi connectivity index (χ4v) is 1.45. The number of phenols is 1. The van der Waals surface area contributed by atoms with Gasteiger partial charge in [-0.3, -0.25) is 0 Å². The molecule has 16 heteroatoms. The summed E-state index contributed by atoms with van der Waals surface area (Å²) in [6.07, 6.45) is 2.17. The third kappa shape index (κ3) is 58.3. The van der Waals surface area contributed by atoms with Gasteiger partial charge in [-0.2, -0.15) is 0 Å². The van der Waals surface area contributed by atoms with Crippen LogP contribution in [0.4, 0.5) is 0 Å². The molecule has 2 rings (SSSR count). The van der Waals surface area contributed by atoms with E-state index in [9.17, 15) is 0 Å². The molecular weight excluding hydrogens is 2970 g/mol. The van der Waals surface area contributed by atoms with Crippen molar-refractivity contribution in [2.75, 3.05) is 0 Å². The van der Waals surface area contributed by atoms with Gasteiger partial charge in [0.1, 0.15) is 5.75 Å². The largest absolute Gasteiger partial charge is 0.508 e. The van der Waals surface area contributed by atoms with Crippen molar-refractivity contribution in [1.29, 1.82) is 0 Å². The minimum atomic E-state index is 0. The molecule has 180 valence electrons. The molecule has 0 fully saturated rings. The van der Waals surface area contributed by atoms with E-state index in [-0.39, 0.29) is 316 Å². The summed E-state index contributed by atoms with van der Waals surface area (Å²) in [5.74, 6) is 0.340. The van der Waals surface area contributed by atoms with Gasteiger partial charge in [0.15, 0.2) is 0 Å². The molecule has 0 saturated carbocycles. The van der Waals surface area contributed by atoms with E-state index in [1.165, 1.54) is 11.1 Å². The van der Waals surface area contributed by atoms with Gasteiger partial charge in [0.2, 0.25) is 0 Å². The van der Waals surface area contributed by atoms with E-state index in [1.54, 1.807) is 12.1 Å². The van der Waals surface area contributed by atoms with Crippen LogP contribution in [0.1, 0.15) is 25.0 Å². The van der Waals surface area contributed by atoms with Gasteiger partial charge in [-0.15, -0.1) is 0 Å². The summed E-state index contributed by atoms with van der Waals surface area (Å²) in [5.41, 5.74) is 2.67. The molecular formula is C16H20OW15. The molecule has 0 unspecified atom stereocenters. The average Bonchev–Trinajstić information content (AvgIpc) is 2.41. The van der Waals surface area contributed by atoms with Crippen molar-refractivity contribution in [2.24, 2.45) is 0 Å². The zero-order chi connectivity index (χ0) is 12.5. The Hall–Kier alpha value is 8.56. The number of benzene rings is 2. The van der Waals surface area contributed by atoms with Crippen molar-refractivity contribution in [3.05, 3.63) is 65.7 Å². The Morgan fingerprint density at radius 3 is 0.875 bits per heavy atom. The van der Waals surface area contributed by atoms with Crippen LogP contribution < -0.4 is 0 Å². The summed E-state index contributed by atoms with van der Waals surface area (Å²) in [6.45, 7) is 4.25. The molecule has 2 aromatic rings. The van der Waals surface area contributed by atoms with E-state index in [2.05, 4.69) is 38.1 Å². The molecule has 0 atom stereocenters. The summed E-state index contributed by atoms with van der Waals surface area (Å²) in [6, 6.07) is 17.7. The summed E-state index contributed by atoms with van der Waals surface area (Å²) >= 11 is 0. The zero-order valence-corrected chi connectivity index (χ0v) is 60.7. The van der Waals surface area contributed by atoms with Crippen molar-refractivity contribution in [1.82, 2.24) is 0 Å². The van der Waals surface area contributed by atoms with Gasteiger partial charge in [-0.05, 0) is 36.1 Å². The first-order valence-electron chi connectivity index (χ1n) is 6.08. The number of rotatable bonds is 2. The van der Waals surface area contributed by atoms with Gasteiger partial charge in [0.25, 0.3) is 0 Å². The number of phenolic OH excluding ortho intramolecular Hbond substituents is 1. The van der Waals surface area contributed by atoms with E-state index in [4.69, 9.17) is 5.11 Å². The maximum absolute atomic E-state index is 8.85. The normalized spacial score (nSPS) is 4.94. The van der Waals surface area contributed by atoms with Crippen molar-refractivity contribution in [2.45, 2.75) is 26.7 Å². The van der Waals surface area contributed by atoms with Crippen LogP contribution in [0.15, 0.2) is 54.6 Å². The van der Waals surface area contributed by atoms with E-state index in [0.29, 0.717) is 5.75 Å². The second kappa shape index (κ2) is 72.1. The number of hydrogen-bond acceptors (Lipinski definition) is 1. The van der Waals surface area contributed by atoms with Crippen LogP contribution >= 0.6 is 0 Å². The van der Waals surface area contributed by atoms with Gasteiger partial charge in [-0.1, -0.05) is 56.3 Å². The summed E-state index contributed by atoms with van der Waals surface area (Å²) in [5, 5.41) is 8.85. The molecule has 0 aliphatic carbocycles. The predicted molar refractivity (Wildman–Crippen MR) is 73.3 cm³/mol. The van der Waals surface area contributed by atoms with Gasteiger partial charge in [0.05, 0.1) is 0 Å². The minimum Gasteiger partial charge on any atom is -0.508 e. The maximum atomic E-state index is 8.85. The third-order valence-electron chi connectivity index (χ3n) is 2.60. The molecule has 0 saturated heterocycles. The van der Waals surface area contributed by atoms with Crippen LogP contribution in [0, 0.1) is 0 Å². The molecule has 0 spiro atoms. The Balaban J connectivity index is -0.00000000948. The van der Waals surface area contributed by atoms with Crippen molar-refractivity contribution in [3.63, 3.8) is 0 Å². The Kier molecular flexibility index (Phi) is 219. The van der Waals surface area contributed by atoms with E-state index in [0.717, 1.165) is 12.8 Å². The van der Waals surface area contributed by atoms with Crippen molar-refractivity contribution < 1.29 is 321 Å². The quantitative estimate of drug-likeness (QED) is 0.480. The predicted octanol–water partition coefficient (Wildman–Crippen LogP) is 4.17. The first-order chi connectivity index (χ1) is 8.26. The van der Waals surface area contributed by atoms with Crippen LogP contribution in [-0.4, -0.2) is 5.11 Å². The molecule has 2 aromatic carbocycles. The molecule has 0 aliphatic heterocycles. The summed E-state index contributed by atoms with van der Waals surface area (Å²) in [7, 11) is 0. The van der Waals surface area contributed by atoms with Crippen LogP contribution in [0.2, 0.25) is 0 Å². The molecule has 32 heavy (non-hydrogen) atoms. The van der Waals surface area contributed by atoms with Gasteiger partial charge < -0.3 is 5.11 Å². The topological polar surface area (TPSA) is 20.2 Å². The number of aromatic hydroxyl groups is 1. The fourth-order valence-electron chi connectivity index (χ4n) is 1.45. The van der Waals surface area contributed by atoms with E-state index in [1.807, 2.05) is 18.2 Å². The fraction of sp³-hybridized carbons (Fsp3) is 0.250. The molecule has 0 bridgehead atoms. The first-order valence-corrected chi connectivity index (χ1v) is 6.08. The first kappa shape index (κ1) is 97.2. The zero-order valence-electron chi connectivity index (χ0n) is 16.7. The van der Waals surface area contributed by atoms with Crippen molar-refractivity contribution >= 4 is 0 Å². The molecule has 0 amide bonds. The smallest absolute Gasteiger partial charge is 0.115 e. The SMILES string of the molecule is CCc1ccc(O)cc1.CCc1ccccc1.[W].[W].[W].[W].[W].[W].[W].[W].[W].[W].[W].[W].[W].[W].[W]. The molecule has 1 nitrogen and oxygen atoms in total. The monoisotopic (exact) mass is 2990 g/mol. The van der Waals surface area contributed by atoms with E-state index < -0.39 is 0 Å². The Morgan fingerprint density at radius 1 is 0.406 bits per heavy atom. The third-order valence-corrected chi connectivity index (χ3v) is 2.60. The van der Waals surface area contributed by atoms with Crippen LogP contribution in [0.5, 0.6) is 5.75 Å². The summed E-state index contributed by atoms with van der Waals surface area (Å²) < 4.78 is 0. The molecule has 0 radical (unpaired) electrons. The van der Waals surface area contributed by atoms with Gasteiger partial charge in [0, 0.05) is 316 Å². The van der Waals surface area contributed by atoms with Crippen LogP contribution in [0.3, 0.4) is 0 Å². The van der Waals surface area contributed by atoms with Gasteiger partial charge in [-0.25, -0.2) is 0 Å². The van der Waals surface area contributed by atoms with Gasteiger partial charge >= 0.3 is 0 Å². The molecule has 0 aliphatic rings. The molecule has 0 aromatic heterocycles. The van der Waals surface area contributed by atoms with Crippen LogP contribution in [0.25, 0.3) is 0 Å². The maximum Gasteiger partial charge on any atom is 0.115 e. The second-order valence-electron chi connectivity index (χ2n) is 3.86. The second-order valence-corrected chi connectivity index (χ2v) is 3.86. The van der Waals surface area contributed by atoms with Crippen LogP contribution in [-0.2, 0) is 329 Å². The molecule has 0 heterocycles. The van der Waals surface area contributed by atoms with E-state index >= 15 is 0 Å².